The molecular formula is C21H21N3O4. The molecule has 0 saturated carbocycles. The molecule has 0 bridgehead atoms. The van der Waals surface area contributed by atoms with Crippen LogP contribution in [0, 0.1) is 18.3 Å². The van der Waals surface area contributed by atoms with Gasteiger partial charge in [0.15, 0.2) is 5.76 Å². The molecule has 0 amide bonds. The van der Waals surface area contributed by atoms with Gasteiger partial charge in [0.2, 0.25) is 11.6 Å². The van der Waals surface area contributed by atoms with Crippen LogP contribution >= 0.6 is 0 Å². The van der Waals surface area contributed by atoms with Crippen molar-refractivity contribution in [3.8, 4) is 23.5 Å². The molecule has 0 spiro atoms. The van der Waals surface area contributed by atoms with Crippen LogP contribution in [0.4, 0.5) is 5.88 Å². The van der Waals surface area contributed by atoms with Gasteiger partial charge in [-0.3, -0.25) is 0 Å². The number of hydrogen-bond acceptors (Lipinski definition) is 7. The Morgan fingerprint density at radius 2 is 2.07 bits per heavy atom. The van der Waals surface area contributed by atoms with E-state index in [0.29, 0.717) is 30.6 Å². The molecule has 1 aliphatic heterocycles. The van der Waals surface area contributed by atoms with Crippen molar-refractivity contribution >= 4 is 5.88 Å². The molecule has 1 saturated heterocycles. The Morgan fingerprint density at radius 3 is 2.82 bits per heavy atom. The van der Waals surface area contributed by atoms with Gasteiger partial charge in [-0.15, -0.1) is 0 Å². The van der Waals surface area contributed by atoms with Gasteiger partial charge in [-0.25, -0.2) is 0 Å². The number of oxazole rings is 1. The first-order valence-electron chi connectivity index (χ1n) is 9.26. The number of rotatable bonds is 7. The predicted molar refractivity (Wildman–Crippen MR) is 102 cm³/mol. The highest BCUT2D eigenvalue weighted by Crippen LogP contribution is 2.28. The van der Waals surface area contributed by atoms with Crippen molar-refractivity contribution in [2.45, 2.75) is 32.5 Å². The normalized spacial score (nSPS) is 16.1. The molecule has 1 aromatic carbocycles. The number of aromatic nitrogens is 1. The molecule has 144 valence electrons. The molecule has 7 heteroatoms. The maximum absolute atomic E-state index is 9.31. The maximum atomic E-state index is 9.31. The molecule has 4 rings (SSSR count). The Labute approximate surface area is 162 Å². The summed E-state index contributed by atoms with van der Waals surface area (Å²) in [6, 6.07) is 13.4. The summed E-state index contributed by atoms with van der Waals surface area (Å²) in [4.78, 5) is 4.22. The first-order chi connectivity index (χ1) is 13.7. The van der Waals surface area contributed by atoms with Crippen molar-refractivity contribution in [2.75, 3.05) is 18.5 Å². The minimum Gasteiger partial charge on any atom is -0.486 e. The van der Waals surface area contributed by atoms with Crippen molar-refractivity contribution in [3.63, 3.8) is 0 Å². The SMILES string of the molecule is Cc1ccc(OCc2ccc(-c3nc(C#N)c(NC[C@H]4CCCO4)o3)o2)cc1. The first kappa shape index (κ1) is 18.1. The van der Waals surface area contributed by atoms with E-state index >= 15 is 0 Å². The lowest BCUT2D eigenvalue weighted by atomic mass is 10.2. The van der Waals surface area contributed by atoms with Gasteiger partial charge in [-0.2, -0.15) is 10.2 Å². The zero-order valence-electron chi connectivity index (χ0n) is 15.6. The van der Waals surface area contributed by atoms with Crippen molar-refractivity contribution in [1.29, 1.82) is 5.26 Å². The molecule has 1 atom stereocenters. The van der Waals surface area contributed by atoms with E-state index in [9.17, 15) is 5.26 Å². The monoisotopic (exact) mass is 379 g/mol. The maximum Gasteiger partial charge on any atom is 0.266 e. The van der Waals surface area contributed by atoms with E-state index in [2.05, 4.69) is 10.3 Å². The zero-order chi connectivity index (χ0) is 19.3. The molecule has 1 N–H and O–H groups in total. The lowest BCUT2D eigenvalue weighted by Crippen LogP contribution is -2.18. The highest BCUT2D eigenvalue weighted by atomic mass is 16.5. The van der Waals surface area contributed by atoms with Crippen LogP contribution in [0.15, 0.2) is 45.2 Å². The summed E-state index contributed by atoms with van der Waals surface area (Å²) in [5, 5.41) is 12.4. The average Bonchev–Trinajstić information content (AvgIpc) is 3.45. The number of hydrogen-bond donors (Lipinski definition) is 1. The largest absolute Gasteiger partial charge is 0.486 e. The summed E-state index contributed by atoms with van der Waals surface area (Å²) >= 11 is 0. The lowest BCUT2D eigenvalue weighted by molar-refractivity contribution is 0.120. The number of nitrogens with zero attached hydrogens (tertiary/aromatic N) is 2. The van der Waals surface area contributed by atoms with Crippen LogP contribution in [0.3, 0.4) is 0 Å². The van der Waals surface area contributed by atoms with E-state index < -0.39 is 0 Å². The van der Waals surface area contributed by atoms with E-state index in [1.165, 1.54) is 5.56 Å². The molecule has 0 unspecified atom stereocenters. The van der Waals surface area contributed by atoms with Crippen LogP contribution in [-0.2, 0) is 11.3 Å². The predicted octanol–water partition coefficient (Wildman–Crippen LogP) is 4.28. The number of ether oxygens (including phenoxy) is 2. The van der Waals surface area contributed by atoms with Gasteiger partial charge in [-0.1, -0.05) is 17.7 Å². The van der Waals surface area contributed by atoms with E-state index in [1.54, 1.807) is 12.1 Å². The van der Waals surface area contributed by atoms with E-state index in [-0.39, 0.29) is 17.7 Å². The van der Waals surface area contributed by atoms with Gasteiger partial charge in [0.1, 0.15) is 24.2 Å². The third-order valence-electron chi connectivity index (χ3n) is 4.52. The summed E-state index contributed by atoms with van der Waals surface area (Å²) in [5.74, 6) is 2.45. The highest BCUT2D eigenvalue weighted by molar-refractivity contribution is 5.54. The molecule has 3 aromatic rings. The summed E-state index contributed by atoms with van der Waals surface area (Å²) in [6.07, 6.45) is 2.19. The number of aryl methyl sites for hydroxylation is 1. The highest BCUT2D eigenvalue weighted by Gasteiger charge is 2.20. The Bertz CT molecular complexity index is 962. The Balaban J connectivity index is 1.41. The minimum atomic E-state index is 0.134. The molecular weight excluding hydrogens is 358 g/mol. The molecule has 3 heterocycles. The number of benzene rings is 1. The quantitative estimate of drug-likeness (QED) is 0.654. The standard InChI is InChI=1S/C21H21N3O4/c1-14-4-6-15(7-5-14)26-13-17-8-9-19(27-17)21-24-18(11-22)20(28-21)23-12-16-3-2-10-25-16/h4-9,16,23H,2-3,10,12-13H2,1H3/t16-/m1/s1. The molecule has 1 aliphatic rings. The van der Waals surface area contributed by atoms with Gasteiger partial charge in [0, 0.05) is 13.2 Å². The van der Waals surface area contributed by atoms with E-state index in [4.69, 9.17) is 18.3 Å². The minimum absolute atomic E-state index is 0.134. The summed E-state index contributed by atoms with van der Waals surface area (Å²) < 4.78 is 22.8. The van der Waals surface area contributed by atoms with E-state index in [1.807, 2.05) is 37.3 Å². The van der Waals surface area contributed by atoms with Crippen LogP contribution in [0.5, 0.6) is 5.75 Å². The second kappa shape index (κ2) is 8.19. The average molecular weight is 379 g/mol. The van der Waals surface area contributed by atoms with Crippen LogP contribution < -0.4 is 10.1 Å². The fraction of sp³-hybridized carbons (Fsp3) is 0.333. The van der Waals surface area contributed by atoms with Gasteiger partial charge >= 0.3 is 0 Å². The third-order valence-corrected chi connectivity index (χ3v) is 4.52. The van der Waals surface area contributed by atoms with Gasteiger partial charge in [-0.05, 0) is 44.0 Å². The zero-order valence-corrected chi connectivity index (χ0v) is 15.6. The lowest BCUT2D eigenvalue weighted by Gasteiger charge is -2.09. The molecule has 0 radical (unpaired) electrons. The fourth-order valence-corrected chi connectivity index (χ4v) is 2.99. The second-order valence-electron chi connectivity index (χ2n) is 6.69. The number of nitrogens with one attached hydrogen (secondary N) is 1. The summed E-state index contributed by atoms with van der Waals surface area (Å²) in [5.41, 5.74) is 1.37. The second-order valence-corrected chi connectivity index (χ2v) is 6.69. The van der Waals surface area contributed by atoms with Crippen LogP contribution in [0.25, 0.3) is 11.7 Å². The number of furan rings is 1. The van der Waals surface area contributed by atoms with Crippen LogP contribution in [0.1, 0.15) is 29.9 Å². The molecule has 7 nitrogen and oxygen atoms in total. The first-order valence-corrected chi connectivity index (χ1v) is 9.26. The topological polar surface area (TPSA) is 93.5 Å². The molecule has 0 aliphatic carbocycles. The van der Waals surface area contributed by atoms with E-state index in [0.717, 1.165) is 25.2 Å². The van der Waals surface area contributed by atoms with Crippen molar-refractivity contribution in [3.05, 3.63) is 53.4 Å². The van der Waals surface area contributed by atoms with Gasteiger partial charge in [0.25, 0.3) is 5.89 Å². The van der Waals surface area contributed by atoms with Gasteiger partial charge < -0.3 is 23.6 Å². The summed E-state index contributed by atoms with van der Waals surface area (Å²) in [6.45, 7) is 3.67. The number of anilines is 1. The third kappa shape index (κ3) is 4.18. The Hall–Kier alpha value is -3.24. The smallest absolute Gasteiger partial charge is 0.266 e. The van der Waals surface area contributed by atoms with Crippen LogP contribution in [-0.4, -0.2) is 24.2 Å². The van der Waals surface area contributed by atoms with Crippen molar-refractivity contribution in [2.24, 2.45) is 0 Å². The summed E-state index contributed by atoms with van der Waals surface area (Å²) in [7, 11) is 0. The molecule has 1 fully saturated rings. The Kier molecular flexibility index (Phi) is 5.31. The van der Waals surface area contributed by atoms with Crippen molar-refractivity contribution in [1.82, 2.24) is 4.98 Å². The Morgan fingerprint density at radius 1 is 1.21 bits per heavy atom. The fourth-order valence-electron chi connectivity index (χ4n) is 2.99. The van der Waals surface area contributed by atoms with Crippen LogP contribution in [0.2, 0.25) is 0 Å². The molecule has 2 aromatic heterocycles. The van der Waals surface area contributed by atoms with Crippen molar-refractivity contribution < 1.29 is 18.3 Å². The number of nitriles is 1. The van der Waals surface area contributed by atoms with Gasteiger partial charge in [0.05, 0.1) is 6.10 Å². The molecule has 28 heavy (non-hydrogen) atoms.